The maximum Gasteiger partial charge on any atom is 0.256 e. The Balaban J connectivity index is 1.50. The van der Waals surface area contributed by atoms with E-state index in [1.165, 1.54) is 5.56 Å². The van der Waals surface area contributed by atoms with E-state index in [0.717, 1.165) is 25.9 Å². The second kappa shape index (κ2) is 8.10. The van der Waals surface area contributed by atoms with Crippen molar-refractivity contribution in [3.05, 3.63) is 35.9 Å². The molecule has 24 heavy (non-hydrogen) atoms. The molecule has 2 heterocycles. The Labute approximate surface area is 144 Å². The number of carbonyl (C=O) groups excluding carboxylic acids is 1. The highest BCUT2D eigenvalue weighted by Gasteiger charge is 2.41. The van der Waals surface area contributed by atoms with Crippen molar-refractivity contribution in [2.45, 2.75) is 25.4 Å². The lowest BCUT2D eigenvalue weighted by atomic mass is 10.0. The first-order valence-electron chi connectivity index (χ1n) is 8.95. The molecule has 1 aromatic carbocycles. The molecule has 0 N–H and O–H groups in total. The molecule has 2 aliphatic heterocycles. The first-order valence-corrected chi connectivity index (χ1v) is 8.95. The van der Waals surface area contributed by atoms with Crippen LogP contribution in [0.4, 0.5) is 0 Å². The summed E-state index contributed by atoms with van der Waals surface area (Å²) in [6, 6.07) is 10.6. The standard InChI is InChI=1S/C19H28N2O3/c1-19(18(22)21-11-13-23-14-12-21)16-20(10-15-24-19)9-5-8-17-6-3-2-4-7-17/h2-4,6-7H,5,8-16H2,1H3/t19-/m0/s1. The third kappa shape index (κ3) is 4.35. The van der Waals surface area contributed by atoms with Crippen molar-refractivity contribution in [3.63, 3.8) is 0 Å². The first-order chi connectivity index (χ1) is 11.7. The number of ether oxygens (including phenoxy) is 2. The quantitative estimate of drug-likeness (QED) is 0.821. The highest BCUT2D eigenvalue weighted by Crippen LogP contribution is 2.21. The van der Waals surface area contributed by atoms with Crippen LogP contribution >= 0.6 is 0 Å². The Morgan fingerprint density at radius 3 is 2.62 bits per heavy atom. The van der Waals surface area contributed by atoms with Crippen LogP contribution in [0, 0.1) is 0 Å². The van der Waals surface area contributed by atoms with E-state index < -0.39 is 5.60 Å². The van der Waals surface area contributed by atoms with Crippen LogP contribution in [0.2, 0.25) is 0 Å². The predicted molar refractivity (Wildman–Crippen MR) is 93.0 cm³/mol. The number of morpholine rings is 2. The zero-order valence-electron chi connectivity index (χ0n) is 14.6. The predicted octanol–water partition coefficient (Wildman–Crippen LogP) is 1.57. The van der Waals surface area contributed by atoms with Crippen LogP contribution in [0.3, 0.4) is 0 Å². The van der Waals surface area contributed by atoms with Gasteiger partial charge in [-0.15, -0.1) is 0 Å². The average Bonchev–Trinajstić information content (AvgIpc) is 2.63. The number of amides is 1. The van der Waals surface area contributed by atoms with Crippen LogP contribution in [-0.4, -0.2) is 73.9 Å². The fourth-order valence-electron chi connectivity index (χ4n) is 3.52. The molecular weight excluding hydrogens is 304 g/mol. The molecule has 2 fully saturated rings. The van der Waals surface area contributed by atoms with Gasteiger partial charge < -0.3 is 14.4 Å². The number of rotatable bonds is 5. The lowest BCUT2D eigenvalue weighted by Crippen LogP contribution is -2.60. The molecule has 0 saturated carbocycles. The van der Waals surface area contributed by atoms with Gasteiger partial charge in [-0.3, -0.25) is 9.69 Å². The van der Waals surface area contributed by atoms with Gasteiger partial charge in [-0.1, -0.05) is 30.3 Å². The van der Waals surface area contributed by atoms with E-state index in [2.05, 4.69) is 29.2 Å². The van der Waals surface area contributed by atoms with Gasteiger partial charge >= 0.3 is 0 Å². The molecule has 0 unspecified atom stereocenters. The molecule has 0 radical (unpaired) electrons. The molecule has 5 heteroatoms. The van der Waals surface area contributed by atoms with E-state index in [1.807, 2.05) is 17.9 Å². The van der Waals surface area contributed by atoms with Crippen molar-refractivity contribution in [2.75, 3.05) is 52.5 Å². The lowest BCUT2D eigenvalue weighted by molar-refractivity contribution is -0.171. The summed E-state index contributed by atoms with van der Waals surface area (Å²) in [4.78, 5) is 17.1. The van der Waals surface area contributed by atoms with Crippen LogP contribution in [0.1, 0.15) is 18.9 Å². The zero-order chi connectivity index (χ0) is 16.8. The first kappa shape index (κ1) is 17.4. The minimum Gasteiger partial charge on any atom is -0.378 e. The molecule has 1 amide bonds. The van der Waals surface area contributed by atoms with E-state index in [-0.39, 0.29) is 5.91 Å². The number of carbonyl (C=O) groups is 1. The summed E-state index contributed by atoms with van der Waals surface area (Å²) in [5, 5.41) is 0. The highest BCUT2D eigenvalue weighted by molar-refractivity contribution is 5.85. The van der Waals surface area contributed by atoms with Crippen molar-refractivity contribution >= 4 is 5.91 Å². The SMILES string of the molecule is C[C@@]1(C(=O)N2CCOCC2)CN(CCCc2ccccc2)CCO1. The minimum absolute atomic E-state index is 0.110. The van der Waals surface area contributed by atoms with Crippen LogP contribution < -0.4 is 0 Å². The normalized spacial score (nSPS) is 25.6. The Morgan fingerprint density at radius 2 is 1.88 bits per heavy atom. The summed E-state index contributed by atoms with van der Waals surface area (Å²) < 4.78 is 11.2. The number of benzene rings is 1. The lowest BCUT2D eigenvalue weighted by Gasteiger charge is -2.42. The molecule has 3 rings (SSSR count). The Kier molecular flexibility index (Phi) is 5.87. The summed E-state index contributed by atoms with van der Waals surface area (Å²) in [5.41, 5.74) is 0.653. The van der Waals surface area contributed by atoms with Crippen LogP contribution in [0.15, 0.2) is 30.3 Å². The molecule has 1 aromatic rings. The van der Waals surface area contributed by atoms with Crippen molar-refractivity contribution in [1.82, 2.24) is 9.80 Å². The van der Waals surface area contributed by atoms with Gasteiger partial charge in [0.05, 0.1) is 19.8 Å². The van der Waals surface area contributed by atoms with Crippen LogP contribution in [0.25, 0.3) is 0 Å². The van der Waals surface area contributed by atoms with Gasteiger partial charge in [0.2, 0.25) is 0 Å². The summed E-state index contributed by atoms with van der Waals surface area (Å²) in [6.07, 6.45) is 2.18. The van der Waals surface area contributed by atoms with Gasteiger partial charge in [0, 0.05) is 26.2 Å². The highest BCUT2D eigenvalue weighted by atomic mass is 16.5. The fraction of sp³-hybridized carbons (Fsp3) is 0.632. The summed E-state index contributed by atoms with van der Waals surface area (Å²) in [5.74, 6) is 0.110. The minimum atomic E-state index is -0.720. The largest absolute Gasteiger partial charge is 0.378 e. The monoisotopic (exact) mass is 332 g/mol. The maximum atomic E-state index is 12.8. The molecule has 5 nitrogen and oxygen atoms in total. The maximum absolute atomic E-state index is 12.8. The van der Waals surface area contributed by atoms with Crippen molar-refractivity contribution in [1.29, 1.82) is 0 Å². The van der Waals surface area contributed by atoms with Gasteiger partial charge in [0.15, 0.2) is 5.60 Å². The van der Waals surface area contributed by atoms with Gasteiger partial charge in [-0.2, -0.15) is 0 Å². The van der Waals surface area contributed by atoms with Crippen LogP contribution in [-0.2, 0) is 20.7 Å². The van der Waals surface area contributed by atoms with E-state index in [4.69, 9.17) is 9.47 Å². The second-order valence-electron chi connectivity index (χ2n) is 6.85. The topological polar surface area (TPSA) is 42.0 Å². The molecule has 1 atom stereocenters. The van der Waals surface area contributed by atoms with Gasteiger partial charge in [0.25, 0.3) is 5.91 Å². The fourth-order valence-corrected chi connectivity index (χ4v) is 3.52. The average molecular weight is 332 g/mol. The third-order valence-corrected chi connectivity index (χ3v) is 4.89. The number of hydrogen-bond donors (Lipinski definition) is 0. The Bertz CT molecular complexity index is 531. The van der Waals surface area contributed by atoms with Gasteiger partial charge in [-0.25, -0.2) is 0 Å². The molecule has 0 spiro atoms. The van der Waals surface area contributed by atoms with Crippen molar-refractivity contribution in [3.8, 4) is 0 Å². The van der Waals surface area contributed by atoms with E-state index in [9.17, 15) is 4.79 Å². The molecule has 2 saturated heterocycles. The van der Waals surface area contributed by atoms with Gasteiger partial charge in [0.1, 0.15) is 0 Å². The summed E-state index contributed by atoms with van der Waals surface area (Å²) in [7, 11) is 0. The molecule has 0 aromatic heterocycles. The van der Waals surface area contributed by atoms with Crippen molar-refractivity contribution < 1.29 is 14.3 Å². The molecule has 0 aliphatic carbocycles. The number of hydrogen-bond acceptors (Lipinski definition) is 4. The zero-order valence-corrected chi connectivity index (χ0v) is 14.6. The molecule has 0 bridgehead atoms. The second-order valence-corrected chi connectivity index (χ2v) is 6.85. The third-order valence-electron chi connectivity index (χ3n) is 4.89. The Hall–Kier alpha value is -1.43. The van der Waals surface area contributed by atoms with Crippen molar-refractivity contribution in [2.24, 2.45) is 0 Å². The molecular formula is C19H28N2O3. The van der Waals surface area contributed by atoms with E-state index in [1.54, 1.807) is 0 Å². The number of aryl methyl sites for hydroxylation is 1. The van der Waals surface area contributed by atoms with E-state index in [0.29, 0.717) is 39.5 Å². The summed E-state index contributed by atoms with van der Waals surface area (Å²) >= 11 is 0. The van der Waals surface area contributed by atoms with Gasteiger partial charge in [-0.05, 0) is 31.9 Å². The molecule has 2 aliphatic rings. The molecule has 132 valence electrons. The van der Waals surface area contributed by atoms with E-state index >= 15 is 0 Å². The Morgan fingerprint density at radius 1 is 1.12 bits per heavy atom. The smallest absolute Gasteiger partial charge is 0.256 e. The summed E-state index contributed by atoms with van der Waals surface area (Å²) in [6.45, 7) is 7.75. The number of nitrogens with zero attached hydrogens (tertiary/aromatic N) is 2. The van der Waals surface area contributed by atoms with Crippen LogP contribution in [0.5, 0.6) is 0 Å².